The van der Waals surface area contributed by atoms with Gasteiger partial charge in [0.2, 0.25) is 0 Å². The number of carboxylic acid groups (broad SMARTS) is 1. The van der Waals surface area contributed by atoms with Crippen LogP contribution >= 0.6 is 0 Å². The molecule has 88 valence electrons. The normalized spacial score (nSPS) is 11.7. The first-order chi connectivity index (χ1) is 6.85. The zero-order chi connectivity index (χ0) is 11.9. The van der Waals surface area contributed by atoms with Gasteiger partial charge in [-0.05, 0) is 20.8 Å². The highest BCUT2D eigenvalue weighted by Gasteiger charge is 2.12. The summed E-state index contributed by atoms with van der Waals surface area (Å²) < 4.78 is 5.52. The highest BCUT2D eigenvalue weighted by atomic mass is 16.5. The molecule has 0 fully saturated rings. The van der Waals surface area contributed by atoms with E-state index in [0.717, 1.165) is 0 Å². The lowest BCUT2D eigenvalue weighted by molar-refractivity contribution is -0.138. The largest absolute Gasteiger partial charge is 0.480 e. The molecule has 0 aliphatic carbocycles. The van der Waals surface area contributed by atoms with E-state index in [0.29, 0.717) is 19.7 Å². The van der Waals surface area contributed by atoms with E-state index in [9.17, 15) is 4.79 Å². The van der Waals surface area contributed by atoms with Gasteiger partial charge in [-0.2, -0.15) is 0 Å². The lowest BCUT2D eigenvalue weighted by atomic mass is 10.2. The molecule has 0 saturated heterocycles. The summed E-state index contributed by atoms with van der Waals surface area (Å²) in [5, 5.41) is 8.65. The van der Waals surface area contributed by atoms with E-state index in [-0.39, 0.29) is 12.1 Å². The Hall–Kier alpha value is -0.870. The van der Waals surface area contributed by atoms with Crippen molar-refractivity contribution < 1.29 is 14.6 Å². The van der Waals surface area contributed by atoms with Crippen LogP contribution in [0.25, 0.3) is 0 Å². The molecular formula is C11H21NO3. The van der Waals surface area contributed by atoms with Crippen molar-refractivity contribution in [2.45, 2.75) is 26.4 Å². The molecule has 0 atom stereocenters. The van der Waals surface area contributed by atoms with Gasteiger partial charge in [0.15, 0.2) is 0 Å². The average molecular weight is 215 g/mol. The van der Waals surface area contributed by atoms with Crippen molar-refractivity contribution in [1.82, 2.24) is 4.90 Å². The van der Waals surface area contributed by atoms with Crippen LogP contribution in [0.3, 0.4) is 0 Å². The first-order valence-corrected chi connectivity index (χ1v) is 5.04. The first-order valence-electron chi connectivity index (χ1n) is 5.04. The first kappa shape index (κ1) is 14.1. The Morgan fingerprint density at radius 3 is 2.53 bits per heavy atom. The predicted octanol–water partition coefficient (Wildman–Crippen LogP) is 1.37. The smallest absolute Gasteiger partial charge is 0.317 e. The van der Waals surface area contributed by atoms with Crippen molar-refractivity contribution >= 4 is 5.97 Å². The fourth-order valence-corrected chi connectivity index (χ4v) is 1.09. The van der Waals surface area contributed by atoms with Gasteiger partial charge in [0, 0.05) is 13.1 Å². The topological polar surface area (TPSA) is 49.8 Å². The average Bonchev–Trinajstić information content (AvgIpc) is 2.00. The van der Waals surface area contributed by atoms with Gasteiger partial charge < -0.3 is 9.84 Å². The van der Waals surface area contributed by atoms with Crippen molar-refractivity contribution in [2.24, 2.45) is 0 Å². The fraction of sp³-hybridized carbons (Fsp3) is 0.727. The highest BCUT2D eigenvalue weighted by molar-refractivity contribution is 5.69. The maximum absolute atomic E-state index is 10.5. The summed E-state index contributed by atoms with van der Waals surface area (Å²) in [6.07, 6.45) is 1.69. The molecule has 15 heavy (non-hydrogen) atoms. The van der Waals surface area contributed by atoms with Gasteiger partial charge in [0.25, 0.3) is 0 Å². The van der Waals surface area contributed by atoms with Crippen molar-refractivity contribution in [1.29, 1.82) is 0 Å². The quantitative estimate of drug-likeness (QED) is 0.652. The molecule has 0 aromatic heterocycles. The molecule has 0 radical (unpaired) electrons. The van der Waals surface area contributed by atoms with Gasteiger partial charge in [0.1, 0.15) is 0 Å². The van der Waals surface area contributed by atoms with E-state index in [2.05, 4.69) is 6.58 Å². The summed E-state index contributed by atoms with van der Waals surface area (Å²) in [6, 6.07) is 0. The number of carbonyl (C=O) groups is 1. The number of hydrogen-bond donors (Lipinski definition) is 1. The molecule has 1 N–H and O–H groups in total. The number of ether oxygens (including phenoxy) is 1. The van der Waals surface area contributed by atoms with Crippen LogP contribution in [0.2, 0.25) is 0 Å². The third-order valence-electron chi connectivity index (χ3n) is 1.69. The lowest BCUT2D eigenvalue weighted by Crippen LogP contribution is -2.34. The molecule has 0 aliphatic heterocycles. The molecule has 0 aromatic carbocycles. The summed E-state index contributed by atoms with van der Waals surface area (Å²) in [6.45, 7) is 11.2. The van der Waals surface area contributed by atoms with Gasteiger partial charge in [-0.1, -0.05) is 6.08 Å². The Morgan fingerprint density at radius 2 is 2.13 bits per heavy atom. The standard InChI is InChI=1S/C11H21NO3/c1-5-6-12(9-10(13)14)7-8-15-11(2,3)4/h5H,1,6-9H2,2-4H3,(H,13,14). The van der Waals surface area contributed by atoms with E-state index >= 15 is 0 Å². The Labute approximate surface area is 91.5 Å². The SMILES string of the molecule is C=CCN(CCOC(C)(C)C)CC(=O)O. The number of carboxylic acids is 1. The van der Waals surface area contributed by atoms with Crippen LogP contribution in [-0.2, 0) is 9.53 Å². The lowest BCUT2D eigenvalue weighted by Gasteiger charge is -2.23. The maximum Gasteiger partial charge on any atom is 0.317 e. The van der Waals surface area contributed by atoms with Crippen LogP contribution in [-0.4, -0.2) is 47.8 Å². The molecule has 0 heterocycles. The van der Waals surface area contributed by atoms with Crippen molar-refractivity contribution in [2.75, 3.05) is 26.2 Å². The molecule has 0 aromatic rings. The Kier molecular flexibility index (Phi) is 6.20. The maximum atomic E-state index is 10.5. The molecule has 0 saturated carbocycles. The van der Waals surface area contributed by atoms with E-state index in [1.807, 2.05) is 20.8 Å². The molecular weight excluding hydrogens is 194 g/mol. The summed E-state index contributed by atoms with van der Waals surface area (Å²) in [5.41, 5.74) is -0.178. The van der Waals surface area contributed by atoms with E-state index in [1.54, 1.807) is 11.0 Å². The Balaban J connectivity index is 3.85. The van der Waals surface area contributed by atoms with Crippen LogP contribution in [0.1, 0.15) is 20.8 Å². The van der Waals surface area contributed by atoms with Gasteiger partial charge in [0.05, 0.1) is 18.8 Å². The summed E-state index contributed by atoms with van der Waals surface area (Å²) in [5.74, 6) is -0.826. The van der Waals surface area contributed by atoms with Crippen LogP contribution in [0.4, 0.5) is 0 Å². The molecule has 0 spiro atoms. The van der Waals surface area contributed by atoms with Gasteiger partial charge in [-0.25, -0.2) is 0 Å². The monoisotopic (exact) mass is 215 g/mol. The second-order valence-electron chi connectivity index (χ2n) is 4.38. The minimum absolute atomic E-state index is 0.0273. The van der Waals surface area contributed by atoms with Gasteiger partial charge in [-0.3, -0.25) is 9.69 Å². The van der Waals surface area contributed by atoms with Gasteiger partial charge in [-0.15, -0.1) is 6.58 Å². The third kappa shape index (κ3) is 9.43. The molecule has 0 aliphatic rings. The second kappa shape index (κ2) is 6.58. The van der Waals surface area contributed by atoms with Crippen molar-refractivity contribution in [3.05, 3.63) is 12.7 Å². The molecule has 0 rings (SSSR count). The zero-order valence-electron chi connectivity index (χ0n) is 9.82. The van der Waals surface area contributed by atoms with Crippen molar-refractivity contribution in [3.8, 4) is 0 Å². The highest BCUT2D eigenvalue weighted by Crippen LogP contribution is 2.06. The number of aliphatic carboxylic acids is 1. The zero-order valence-corrected chi connectivity index (χ0v) is 9.82. The molecule has 4 nitrogen and oxygen atoms in total. The minimum atomic E-state index is -0.826. The van der Waals surface area contributed by atoms with E-state index in [1.165, 1.54) is 0 Å². The number of nitrogens with zero attached hydrogens (tertiary/aromatic N) is 1. The number of rotatable bonds is 7. The molecule has 4 heteroatoms. The van der Waals surface area contributed by atoms with Crippen molar-refractivity contribution in [3.63, 3.8) is 0 Å². The minimum Gasteiger partial charge on any atom is -0.480 e. The number of hydrogen-bond acceptors (Lipinski definition) is 3. The molecule has 0 unspecified atom stereocenters. The van der Waals surface area contributed by atoms with Crippen LogP contribution in [0, 0.1) is 0 Å². The van der Waals surface area contributed by atoms with Gasteiger partial charge >= 0.3 is 5.97 Å². The third-order valence-corrected chi connectivity index (χ3v) is 1.69. The fourth-order valence-electron chi connectivity index (χ4n) is 1.09. The Morgan fingerprint density at radius 1 is 1.53 bits per heavy atom. The summed E-state index contributed by atoms with van der Waals surface area (Å²) in [4.78, 5) is 12.3. The summed E-state index contributed by atoms with van der Waals surface area (Å²) >= 11 is 0. The molecule has 0 amide bonds. The van der Waals surface area contributed by atoms with Crippen LogP contribution in [0.5, 0.6) is 0 Å². The predicted molar refractivity (Wildman–Crippen MR) is 60.0 cm³/mol. The second-order valence-corrected chi connectivity index (χ2v) is 4.38. The van der Waals surface area contributed by atoms with Crippen LogP contribution in [0.15, 0.2) is 12.7 Å². The van der Waals surface area contributed by atoms with E-state index in [4.69, 9.17) is 9.84 Å². The van der Waals surface area contributed by atoms with Crippen LogP contribution < -0.4 is 0 Å². The molecule has 0 bridgehead atoms. The van der Waals surface area contributed by atoms with E-state index < -0.39 is 5.97 Å². The summed E-state index contributed by atoms with van der Waals surface area (Å²) in [7, 11) is 0. The Bertz CT molecular complexity index is 208.